The van der Waals surface area contributed by atoms with Gasteiger partial charge in [0.05, 0.1) is 41.7 Å². The van der Waals surface area contributed by atoms with Gasteiger partial charge in [0.25, 0.3) is 0 Å². The maximum Gasteiger partial charge on any atom is 0.407 e. The van der Waals surface area contributed by atoms with Crippen LogP contribution >= 0.6 is 11.8 Å². The Labute approximate surface area is 587 Å². The number of esters is 2. The van der Waals surface area contributed by atoms with E-state index in [0.717, 1.165) is 5.56 Å². The van der Waals surface area contributed by atoms with Gasteiger partial charge in [0, 0.05) is 35.9 Å². The Morgan fingerprint density at radius 3 is 1.72 bits per heavy atom. The molecule has 0 bridgehead atoms. The predicted molar refractivity (Wildman–Crippen MR) is 379 cm³/mol. The summed E-state index contributed by atoms with van der Waals surface area (Å²) in [6, 6.07) is -3.84. The first-order chi connectivity index (χ1) is 44.3. The standard InChI is InChI=1S/C71H122N10O16S/c1-41(2)35-49(78-60(89)55(43(4)94-66(11,12)13)79-59(88)48(38-54(85)96-68(17,18)19)77-58(87)46(72)40-93-65(8,9)10)62(91)81-56(70(23,24)98-71(81,25)26)61(90)75-39-52(83)80(50-36-44(64(5,6)7)31-30-42(50)3)45(32-33-53(84)95-67(14,15)16)37-51(82)76-47(57(73)86)29-27-28-34-74-63(92)97-69(20,21)22/h30-31,36,41,43,45-49,55-56H,27-29,32-35,37-40,72H2,1-26H3,(H2,73,86)(H,74,92)(H,75,90)(H,76,82)(H,77,87)(H,78,89)(H,79,88)/t43?,45-,46-,47+,48-,49+,55-,56?/m0/s1. The summed E-state index contributed by atoms with van der Waals surface area (Å²) in [6.07, 6.45) is -2.31. The predicted octanol–water partition coefficient (Wildman–Crippen LogP) is 7.32. The zero-order valence-electron chi connectivity index (χ0n) is 63.7. The van der Waals surface area contributed by atoms with Gasteiger partial charge < -0.3 is 76.9 Å². The van der Waals surface area contributed by atoms with Gasteiger partial charge in [-0.3, -0.25) is 47.9 Å². The molecule has 10 N–H and O–H groups in total. The summed E-state index contributed by atoms with van der Waals surface area (Å²) >= 11 is 1.31. The first kappa shape index (κ1) is 87.5. The Morgan fingerprint density at radius 2 is 1.20 bits per heavy atom. The van der Waals surface area contributed by atoms with Crippen LogP contribution in [-0.2, 0) is 77.0 Å². The van der Waals surface area contributed by atoms with Crippen molar-refractivity contribution in [2.24, 2.45) is 17.4 Å². The van der Waals surface area contributed by atoms with E-state index in [1.807, 2.05) is 52.8 Å². The van der Waals surface area contributed by atoms with Crippen LogP contribution in [0, 0.1) is 12.8 Å². The van der Waals surface area contributed by atoms with Crippen LogP contribution in [0.5, 0.6) is 0 Å². The molecule has 0 spiro atoms. The molecule has 0 radical (unpaired) electrons. The second-order valence-electron chi connectivity index (χ2n) is 32.9. The molecule has 2 rings (SSSR count). The monoisotopic (exact) mass is 1400 g/mol. The molecule has 26 nitrogen and oxygen atoms in total. The summed E-state index contributed by atoms with van der Waals surface area (Å²) < 4.78 is 27.5. The SMILES string of the molecule is Cc1ccc(C(C)(C)C)cc1N(C(=O)CNC(=O)C1N(C(=O)[C@@H](CC(C)C)NC(=O)[C@@H](NC(=O)[C@H](CC(=O)OC(C)(C)C)NC(=O)[C@@H](N)COC(C)(C)C)C(C)OC(C)(C)C)C(C)(C)SC1(C)C)[C@@H](CCC(=O)OC(C)(C)C)CC(=O)N[C@H](CCCCNC(=O)OC(C)(C)C)C(N)=O. The molecule has 27 heteroatoms. The second-order valence-corrected chi connectivity index (χ2v) is 35.2. The third kappa shape index (κ3) is 30.9. The lowest BCUT2D eigenvalue weighted by Gasteiger charge is -2.39. The average molecular weight is 1400 g/mol. The Kier molecular flexibility index (Phi) is 31.8. The number of primary amides is 1. The fourth-order valence-corrected chi connectivity index (χ4v) is 12.9. The highest BCUT2D eigenvalue weighted by Gasteiger charge is 2.58. The Balaban J connectivity index is 2.78. The number of ether oxygens (including phenoxy) is 5. The third-order valence-electron chi connectivity index (χ3n) is 15.0. The van der Waals surface area contributed by atoms with Crippen LogP contribution in [-0.4, -0.2) is 176 Å². The highest BCUT2D eigenvalue weighted by atomic mass is 32.2. The van der Waals surface area contributed by atoms with Gasteiger partial charge in [0.1, 0.15) is 53.1 Å². The molecule has 9 amide bonds. The van der Waals surface area contributed by atoms with Gasteiger partial charge in [-0.05, 0) is 206 Å². The zero-order chi connectivity index (χ0) is 75.8. The number of anilines is 1. The summed E-state index contributed by atoms with van der Waals surface area (Å²) in [6.45, 7) is 45.1. The van der Waals surface area contributed by atoms with Crippen LogP contribution in [0.1, 0.15) is 236 Å². The van der Waals surface area contributed by atoms with Crippen molar-refractivity contribution in [1.29, 1.82) is 0 Å². The molecule has 0 aliphatic carbocycles. The van der Waals surface area contributed by atoms with E-state index in [2.05, 4.69) is 31.9 Å². The molecule has 558 valence electrons. The van der Waals surface area contributed by atoms with Gasteiger partial charge >= 0.3 is 18.0 Å². The van der Waals surface area contributed by atoms with Crippen molar-refractivity contribution >= 4 is 82.7 Å². The van der Waals surface area contributed by atoms with Gasteiger partial charge in [0.15, 0.2) is 0 Å². The van der Waals surface area contributed by atoms with Crippen molar-refractivity contribution in [3.63, 3.8) is 0 Å². The van der Waals surface area contributed by atoms with Gasteiger partial charge in [-0.25, -0.2) is 4.79 Å². The van der Waals surface area contributed by atoms with Crippen LogP contribution in [0.2, 0.25) is 0 Å². The molecule has 1 aliphatic rings. The van der Waals surface area contributed by atoms with E-state index in [1.165, 1.54) is 21.6 Å². The van der Waals surface area contributed by atoms with Crippen LogP contribution in [0.4, 0.5) is 10.5 Å². The lowest BCUT2D eigenvalue weighted by Crippen LogP contribution is -2.64. The highest BCUT2D eigenvalue weighted by molar-refractivity contribution is 8.02. The van der Waals surface area contributed by atoms with E-state index in [0.29, 0.717) is 24.1 Å². The number of hydrogen-bond acceptors (Lipinski definition) is 18. The van der Waals surface area contributed by atoms with E-state index in [4.69, 9.17) is 35.2 Å². The fraction of sp³-hybridized carbons (Fsp3) is 0.761. The van der Waals surface area contributed by atoms with Crippen LogP contribution in [0.15, 0.2) is 18.2 Å². The number of unbranched alkanes of at least 4 members (excludes halogenated alkanes) is 1. The summed E-state index contributed by atoms with van der Waals surface area (Å²) in [5.74, 6) is -8.00. The van der Waals surface area contributed by atoms with E-state index in [9.17, 15) is 33.6 Å². The van der Waals surface area contributed by atoms with Gasteiger partial charge in [-0.2, -0.15) is 0 Å². The van der Waals surface area contributed by atoms with E-state index < -0.39 is 176 Å². The number of amides is 9. The van der Waals surface area contributed by atoms with Crippen molar-refractivity contribution in [2.45, 2.75) is 323 Å². The number of carbonyl (C=O) groups excluding carboxylic acids is 11. The maximum atomic E-state index is 15.7. The normalized spacial score (nSPS) is 17.1. The van der Waals surface area contributed by atoms with Gasteiger partial charge in [-0.15, -0.1) is 11.8 Å². The van der Waals surface area contributed by atoms with Gasteiger partial charge in [0.2, 0.25) is 47.3 Å². The van der Waals surface area contributed by atoms with Crippen molar-refractivity contribution in [3.8, 4) is 0 Å². The molecular formula is C71H122N10O16S. The van der Waals surface area contributed by atoms with Crippen molar-refractivity contribution < 1.29 is 76.4 Å². The van der Waals surface area contributed by atoms with Crippen molar-refractivity contribution in [2.75, 3.05) is 24.6 Å². The first-order valence-electron chi connectivity index (χ1n) is 34.1. The number of alkyl carbamates (subject to hydrolysis) is 1. The Bertz CT molecular complexity index is 2950. The third-order valence-corrected chi connectivity index (χ3v) is 16.5. The topological polar surface area (TPSA) is 365 Å². The lowest BCUT2D eigenvalue weighted by molar-refractivity contribution is -0.157. The summed E-state index contributed by atoms with van der Waals surface area (Å²) in [4.78, 5) is 158. The number of carbonyl (C=O) groups is 11. The molecule has 1 heterocycles. The number of benzene rings is 1. The quantitative estimate of drug-likeness (QED) is 0.0199. The minimum absolute atomic E-state index is 0.0316. The molecule has 0 aromatic heterocycles. The van der Waals surface area contributed by atoms with Crippen LogP contribution in [0.3, 0.4) is 0 Å². The molecule has 1 aromatic carbocycles. The number of nitrogens with zero attached hydrogens (tertiary/aromatic N) is 2. The van der Waals surface area contributed by atoms with Crippen LogP contribution < -0.4 is 48.3 Å². The second kappa shape index (κ2) is 35.6. The van der Waals surface area contributed by atoms with E-state index in [-0.39, 0.29) is 44.8 Å². The minimum Gasteiger partial charge on any atom is -0.460 e. The number of aryl methyl sites for hydroxylation is 1. The molecule has 1 aromatic rings. The molecule has 98 heavy (non-hydrogen) atoms. The van der Waals surface area contributed by atoms with E-state index in [1.54, 1.807) is 145 Å². The Morgan fingerprint density at radius 1 is 0.643 bits per heavy atom. The molecule has 1 saturated heterocycles. The first-order valence-corrected chi connectivity index (χ1v) is 34.9. The average Bonchev–Trinajstić information content (AvgIpc) is 1.58. The zero-order valence-corrected chi connectivity index (χ0v) is 64.5. The number of nitrogens with two attached hydrogens (primary N) is 2. The summed E-state index contributed by atoms with van der Waals surface area (Å²) in [5, 5.41) is 16.3. The number of rotatable bonds is 32. The molecule has 0 saturated carbocycles. The summed E-state index contributed by atoms with van der Waals surface area (Å²) in [5.41, 5.74) is 9.26. The molecule has 1 aliphatic heterocycles. The molecular weight excluding hydrogens is 1280 g/mol. The fourth-order valence-electron chi connectivity index (χ4n) is 11.0. The largest absolute Gasteiger partial charge is 0.460 e. The number of thioether (sulfide) groups is 1. The van der Waals surface area contributed by atoms with E-state index >= 15 is 19.2 Å². The highest BCUT2D eigenvalue weighted by Crippen LogP contribution is 2.51. The molecule has 1 fully saturated rings. The van der Waals surface area contributed by atoms with Crippen LogP contribution in [0.25, 0.3) is 0 Å². The van der Waals surface area contributed by atoms with Crippen molar-refractivity contribution in [1.82, 2.24) is 36.8 Å². The van der Waals surface area contributed by atoms with Gasteiger partial charge in [-0.1, -0.05) is 46.8 Å². The lowest BCUT2D eigenvalue weighted by atomic mass is 9.86. The number of nitrogens with one attached hydrogen (secondary N) is 6. The maximum absolute atomic E-state index is 15.7. The Hall–Kier alpha value is -6.58. The summed E-state index contributed by atoms with van der Waals surface area (Å²) in [7, 11) is 0. The minimum atomic E-state index is -1.63. The molecule has 8 atom stereocenters. The number of hydrogen-bond donors (Lipinski definition) is 8. The van der Waals surface area contributed by atoms with Crippen molar-refractivity contribution in [3.05, 3.63) is 29.3 Å². The molecule has 2 unspecified atom stereocenters. The smallest absolute Gasteiger partial charge is 0.407 e.